The molecule has 72 heavy (non-hydrogen) atoms. The Bertz CT molecular complexity index is 2010. The molecule has 4 aromatic carbocycles. The molecule has 4 aromatic rings. The fraction of sp³-hybridized carbons (Fsp3) is 0.600. The van der Waals surface area contributed by atoms with Crippen molar-refractivity contribution in [2.45, 2.75) is 177 Å². The third kappa shape index (κ3) is 10.5. The molecule has 0 radical (unpaired) electrons. The Morgan fingerprint density at radius 2 is 0.444 bits per heavy atom. The Balaban J connectivity index is 0.790. The van der Waals surface area contributed by atoms with Crippen molar-refractivity contribution in [3.8, 4) is 0 Å². The molecular formula is C60H80N8O4. The van der Waals surface area contributed by atoms with Crippen LogP contribution in [-0.2, 0) is 45.4 Å². The second-order valence-electron chi connectivity index (χ2n) is 23.4. The van der Waals surface area contributed by atoms with E-state index in [0.29, 0.717) is 73.8 Å². The van der Waals surface area contributed by atoms with Crippen LogP contribution in [0.5, 0.6) is 0 Å². The van der Waals surface area contributed by atoms with Gasteiger partial charge in [-0.2, -0.15) is 0 Å². The molecule has 12 heteroatoms. The van der Waals surface area contributed by atoms with Gasteiger partial charge >= 0.3 is 0 Å². The lowest BCUT2D eigenvalue weighted by atomic mass is 9.75. The fourth-order valence-electron chi connectivity index (χ4n) is 15.6. The van der Waals surface area contributed by atoms with Gasteiger partial charge in [-0.3, -0.25) is 42.5 Å². The summed E-state index contributed by atoms with van der Waals surface area (Å²) in [6.45, 7) is 2.67. The molecule has 0 spiro atoms. The van der Waals surface area contributed by atoms with Gasteiger partial charge in [0.05, 0.1) is 100 Å². The molecule has 8 N–H and O–H groups in total. The van der Waals surface area contributed by atoms with Gasteiger partial charge in [0.15, 0.2) is 0 Å². The zero-order chi connectivity index (χ0) is 47.8. The number of nitrogens with one attached hydrogen (secondary N) is 8. The minimum Gasteiger partial charge on any atom is -0.374 e. The largest absolute Gasteiger partial charge is 0.374 e. The van der Waals surface area contributed by atoms with Crippen LogP contribution in [0.2, 0.25) is 0 Å². The molecule has 8 bridgehead atoms. The van der Waals surface area contributed by atoms with E-state index in [-0.39, 0.29) is 73.7 Å². The molecule has 9 fully saturated rings. The van der Waals surface area contributed by atoms with Gasteiger partial charge in [-0.05, 0) is 147 Å². The lowest BCUT2D eigenvalue weighted by Gasteiger charge is -2.39. The molecule has 0 aromatic heterocycles. The van der Waals surface area contributed by atoms with Gasteiger partial charge in [-0.25, -0.2) is 0 Å². The van der Waals surface area contributed by atoms with E-state index in [4.69, 9.17) is 18.9 Å². The summed E-state index contributed by atoms with van der Waals surface area (Å²) in [5, 5.41) is 34.6. The van der Waals surface area contributed by atoms with E-state index in [2.05, 4.69) is 164 Å². The first-order valence-electron chi connectivity index (χ1n) is 28.3. The Hall–Kier alpha value is -3.60. The van der Waals surface area contributed by atoms with Gasteiger partial charge in [-0.15, -0.1) is 0 Å². The standard InChI is InChI=1S/C60H80N8O4/c1-5-13-37(14-6-1)33-69-41-21-25-45-49(29-41)57-61-53(45)66-58-51-31-43(71-35-39-17-9-3-10-18-39)23-27-47(51)55(63-58)68-60-52-32-44(72-36-40-19-11-4-12-20-40)24-28-48(52)56(64-60)67-59-50-30-42(22-26-46(50)54(62-59)65-57)70-34-38-15-7-2-8-16-38/h1-20,41-68H,21-36H2. The highest BCUT2D eigenvalue weighted by atomic mass is 16.5. The molecule has 13 rings (SSSR count). The van der Waals surface area contributed by atoms with E-state index < -0.39 is 0 Å². The quantitative estimate of drug-likeness (QED) is 0.0721. The van der Waals surface area contributed by atoms with Crippen LogP contribution < -0.4 is 42.5 Å². The number of fused-ring (bicyclic) bond motifs is 20. The van der Waals surface area contributed by atoms with E-state index in [1.54, 1.807) is 0 Å². The van der Waals surface area contributed by atoms with Crippen molar-refractivity contribution in [1.82, 2.24) is 42.5 Å². The van der Waals surface area contributed by atoms with Crippen LogP contribution in [0.25, 0.3) is 0 Å². The molecule has 12 nitrogen and oxygen atoms in total. The Kier molecular flexibility index (Phi) is 14.6. The lowest BCUT2D eigenvalue weighted by molar-refractivity contribution is -0.0227. The number of benzene rings is 4. The van der Waals surface area contributed by atoms with Crippen LogP contribution in [0.4, 0.5) is 0 Å². The second-order valence-corrected chi connectivity index (χ2v) is 23.4. The Morgan fingerprint density at radius 3 is 0.653 bits per heavy atom. The summed E-state index contributed by atoms with van der Waals surface area (Å²) in [6, 6.07) is 42.9. The zero-order valence-corrected chi connectivity index (χ0v) is 42.0. The molecule has 0 amide bonds. The van der Waals surface area contributed by atoms with E-state index in [1.807, 2.05) is 0 Å². The van der Waals surface area contributed by atoms with Crippen molar-refractivity contribution in [2.24, 2.45) is 47.3 Å². The van der Waals surface area contributed by atoms with Crippen LogP contribution in [0.1, 0.15) is 99.3 Å². The van der Waals surface area contributed by atoms with Crippen molar-refractivity contribution < 1.29 is 18.9 Å². The van der Waals surface area contributed by atoms with Crippen molar-refractivity contribution in [3.05, 3.63) is 144 Å². The summed E-state index contributed by atoms with van der Waals surface area (Å²) < 4.78 is 27.1. The van der Waals surface area contributed by atoms with E-state index in [0.717, 1.165) is 77.0 Å². The maximum Gasteiger partial charge on any atom is 0.0720 e. The maximum absolute atomic E-state index is 6.79. The molecular weight excluding hydrogens is 897 g/mol. The van der Waals surface area contributed by atoms with E-state index in [1.165, 1.54) is 22.3 Å². The van der Waals surface area contributed by atoms with Crippen LogP contribution >= 0.6 is 0 Å². The van der Waals surface area contributed by atoms with Crippen molar-refractivity contribution in [3.63, 3.8) is 0 Å². The summed E-state index contributed by atoms with van der Waals surface area (Å²) in [6.07, 6.45) is 15.3. The lowest BCUT2D eigenvalue weighted by Crippen LogP contribution is -2.61. The van der Waals surface area contributed by atoms with Gasteiger partial charge < -0.3 is 18.9 Å². The summed E-state index contributed by atoms with van der Waals surface area (Å²) in [4.78, 5) is 0. The first-order valence-corrected chi connectivity index (χ1v) is 28.3. The normalized spacial score (nSPS) is 41.2. The van der Waals surface area contributed by atoms with Gasteiger partial charge in [0.2, 0.25) is 0 Å². The van der Waals surface area contributed by atoms with Crippen LogP contribution in [0.15, 0.2) is 121 Å². The van der Waals surface area contributed by atoms with Crippen molar-refractivity contribution in [2.75, 3.05) is 0 Å². The average molecular weight is 977 g/mol. The van der Waals surface area contributed by atoms with Gasteiger partial charge in [0.1, 0.15) is 0 Å². The Labute approximate surface area is 428 Å². The monoisotopic (exact) mass is 977 g/mol. The summed E-state index contributed by atoms with van der Waals surface area (Å²) in [5.74, 6) is 3.67. The molecule has 5 heterocycles. The average Bonchev–Trinajstić information content (AvgIpc) is 4.16. The molecule has 9 aliphatic rings. The predicted molar refractivity (Wildman–Crippen MR) is 279 cm³/mol. The van der Waals surface area contributed by atoms with Crippen LogP contribution in [-0.4, -0.2) is 73.7 Å². The highest BCUT2D eigenvalue weighted by Gasteiger charge is 2.56. The minimum absolute atomic E-state index is 0.149. The van der Waals surface area contributed by atoms with Gasteiger partial charge in [0.25, 0.3) is 0 Å². The predicted octanol–water partition coefficient (Wildman–Crippen LogP) is 7.39. The molecule has 4 aliphatic carbocycles. The number of hydrogen-bond acceptors (Lipinski definition) is 12. The molecule has 5 saturated heterocycles. The zero-order valence-electron chi connectivity index (χ0n) is 42.0. The van der Waals surface area contributed by atoms with Crippen molar-refractivity contribution in [1.29, 1.82) is 0 Å². The molecule has 12 atom stereocenters. The number of rotatable bonds is 12. The highest BCUT2D eigenvalue weighted by molar-refractivity contribution is 5.17. The first-order chi connectivity index (χ1) is 35.6. The smallest absolute Gasteiger partial charge is 0.0720 e. The van der Waals surface area contributed by atoms with Gasteiger partial charge in [-0.1, -0.05) is 121 Å². The summed E-state index contributed by atoms with van der Waals surface area (Å²) in [5.41, 5.74) is 5.00. The second kappa shape index (κ2) is 21.9. The summed E-state index contributed by atoms with van der Waals surface area (Å²) >= 11 is 0. The third-order valence-electron chi connectivity index (χ3n) is 19.2. The van der Waals surface area contributed by atoms with Crippen LogP contribution in [0, 0.1) is 47.3 Å². The van der Waals surface area contributed by atoms with E-state index >= 15 is 0 Å². The van der Waals surface area contributed by atoms with E-state index in [9.17, 15) is 0 Å². The fourth-order valence-corrected chi connectivity index (χ4v) is 15.6. The SMILES string of the molecule is c1ccc(COC2CCC3C4NC(NC5NC(NC6NC(NC7NC(N4)C4CC(OCc8ccccc8)CCC74)C4CC(OCc7ccccc7)CCC64)C4CC(OCc6ccccc6)CCC54)C3C2)cc1. The highest BCUT2D eigenvalue weighted by Crippen LogP contribution is 2.47. The van der Waals surface area contributed by atoms with Gasteiger partial charge in [0, 0.05) is 0 Å². The number of ether oxygens (including phenoxy) is 4. The Morgan fingerprint density at radius 1 is 0.250 bits per heavy atom. The van der Waals surface area contributed by atoms with Crippen LogP contribution in [0.3, 0.4) is 0 Å². The molecule has 384 valence electrons. The third-order valence-corrected chi connectivity index (χ3v) is 19.2. The molecule has 12 unspecified atom stereocenters. The number of hydrogen-bond donors (Lipinski definition) is 8. The topological polar surface area (TPSA) is 133 Å². The van der Waals surface area contributed by atoms with Crippen molar-refractivity contribution >= 4 is 0 Å². The maximum atomic E-state index is 6.79. The molecule has 5 aliphatic heterocycles. The summed E-state index contributed by atoms with van der Waals surface area (Å²) in [7, 11) is 0. The molecule has 4 saturated carbocycles. The first kappa shape index (κ1) is 48.1. The minimum atomic E-state index is 0.149.